The van der Waals surface area contributed by atoms with E-state index >= 15 is 0 Å². The Bertz CT molecular complexity index is 3340. The zero-order valence-electron chi connectivity index (χ0n) is 43.5. The van der Waals surface area contributed by atoms with Gasteiger partial charge in [0.05, 0.1) is 22.3 Å². The van der Waals surface area contributed by atoms with Gasteiger partial charge in [-0.15, -0.1) is 0 Å². The van der Waals surface area contributed by atoms with Crippen LogP contribution in [-0.2, 0) is 0 Å². The number of para-hydroxylation sites is 1. The highest BCUT2D eigenvalue weighted by atomic mass is 16.3. The Hall–Kier alpha value is -7.04. The first kappa shape index (κ1) is 37.3. The maximum atomic E-state index is 12.3. The fourth-order valence-corrected chi connectivity index (χ4v) is 9.03. The standard InChI is InChI=1S/C61H59N3O/c1-37(2)46-34-54(40(7)8)60(65)55(35-46)61-63-59-53(19-14-20-57(59)64(61)50-27-25-44(26-28-50)58-51(38(3)4)17-13-18-52(58)39(5)6)48-31-47(42-15-11-10-12-16-42)32-49(33-48)56-36-45(29-30-62-56)43-23-21-41(9)22-24-43/h10-40,65H,1-9H3/i9D3,38D,39D. The summed E-state index contributed by atoms with van der Waals surface area (Å²) in [5.41, 5.74) is 16.3. The summed E-state index contributed by atoms with van der Waals surface area (Å²) in [4.78, 5) is 10.4. The molecule has 0 saturated heterocycles. The molecule has 0 atom stereocenters. The van der Waals surface area contributed by atoms with Crippen molar-refractivity contribution in [3.8, 4) is 78.6 Å². The van der Waals surface area contributed by atoms with Gasteiger partial charge in [-0.25, -0.2) is 4.98 Å². The third-order valence-electron chi connectivity index (χ3n) is 12.6. The van der Waals surface area contributed by atoms with E-state index in [4.69, 9.17) is 16.8 Å². The number of aromatic hydroxyl groups is 1. The molecule has 2 heterocycles. The summed E-state index contributed by atoms with van der Waals surface area (Å²) in [7, 11) is 0. The van der Waals surface area contributed by atoms with Gasteiger partial charge in [-0.2, -0.15) is 0 Å². The van der Waals surface area contributed by atoms with Gasteiger partial charge in [0.2, 0.25) is 0 Å². The number of hydrogen-bond acceptors (Lipinski definition) is 3. The minimum absolute atomic E-state index is 0.0572. The molecule has 9 aromatic rings. The number of hydrogen-bond donors (Lipinski definition) is 1. The molecule has 0 aliphatic heterocycles. The molecule has 1 N–H and O–H groups in total. The van der Waals surface area contributed by atoms with Crippen LogP contribution in [-0.4, -0.2) is 19.6 Å². The summed E-state index contributed by atoms with van der Waals surface area (Å²) in [6.07, 6.45) is 1.79. The number of rotatable bonds is 11. The molecule has 65 heavy (non-hydrogen) atoms. The number of nitrogens with zero attached hydrogens (tertiary/aromatic N) is 3. The largest absolute Gasteiger partial charge is 0.507 e. The van der Waals surface area contributed by atoms with Gasteiger partial charge in [0.1, 0.15) is 11.6 Å². The Morgan fingerprint density at radius 2 is 1.17 bits per heavy atom. The maximum absolute atomic E-state index is 12.3. The molecule has 0 fully saturated rings. The summed E-state index contributed by atoms with van der Waals surface area (Å²) >= 11 is 0. The van der Waals surface area contributed by atoms with Gasteiger partial charge in [0, 0.05) is 29.9 Å². The monoisotopic (exact) mass is 854 g/mol. The van der Waals surface area contributed by atoms with Crippen molar-refractivity contribution in [1.29, 1.82) is 0 Å². The Labute approximate surface area is 392 Å². The lowest BCUT2D eigenvalue weighted by Gasteiger charge is -2.21. The van der Waals surface area contributed by atoms with E-state index in [1.54, 1.807) is 18.3 Å². The van der Waals surface area contributed by atoms with Crippen LogP contribution in [0.4, 0.5) is 0 Å². The lowest BCUT2D eigenvalue weighted by Crippen LogP contribution is -2.02. The molecule has 324 valence electrons. The Kier molecular flexibility index (Phi) is 10.3. The molecule has 0 aliphatic carbocycles. The van der Waals surface area contributed by atoms with Gasteiger partial charge in [0.25, 0.3) is 0 Å². The molecular weight excluding hydrogens is 791 g/mol. The normalized spacial score (nSPS) is 13.4. The minimum atomic E-state index is -2.19. The van der Waals surface area contributed by atoms with E-state index in [0.717, 1.165) is 94.7 Å². The fourth-order valence-electron chi connectivity index (χ4n) is 9.03. The number of phenolic OH excluding ortho intramolecular Hbond substituents is 1. The van der Waals surface area contributed by atoms with E-state index in [1.807, 2.05) is 88.4 Å². The van der Waals surface area contributed by atoms with Gasteiger partial charge >= 0.3 is 0 Å². The van der Waals surface area contributed by atoms with Crippen LogP contribution in [0.5, 0.6) is 5.75 Å². The van der Waals surface area contributed by atoms with E-state index in [1.165, 1.54) is 0 Å². The third kappa shape index (κ3) is 8.42. The van der Waals surface area contributed by atoms with Crippen molar-refractivity contribution in [1.82, 2.24) is 14.5 Å². The fraction of sp³-hybridized carbons (Fsp3) is 0.213. The predicted octanol–water partition coefficient (Wildman–Crippen LogP) is 16.9. The second-order valence-electron chi connectivity index (χ2n) is 18.2. The first-order valence-corrected chi connectivity index (χ1v) is 22.6. The number of aryl methyl sites for hydroxylation is 1. The van der Waals surface area contributed by atoms with Crippen LogP contribution in [0.15, 0.2) is 164 Å². The SMILES string of the molecule is [2H]C([2H])([2H])c1ccc(-c2ccnc(-c3cc(-c4ccccc4)cc(-c4cccc5c4nc(-c4cc(C(C)C)cc(C(C)C)c4O)n5-c4ccc(-c5c(C([2H])(C)C)cccc5C([2H])(C)C)cc4)c3)c2)cc1. The second kappa shape index (κ2) is 17.9. The molecule has 7 aromatic carbocycles. The van der Waals surface area contributed by atoms with Crippen LogP contribution in [0.25, 0.3) is 83.9 Å². The summed E-state index contributed by atoms with van der Waals surface area (Å²) in [6.45, 7) is 13.9. The Balaban J connectivity index is 1.27. The minimum Gasteiger partial charge on any atom is -0.507 e. The van der Waals surface area contributed by atoms with Crippen molar-refractivity contribution >= 4 is 11.0 Å². The first-order valence-electron chi connectivity index (χ1n) is 25.1. The van der Waals surface area contributed by atoms with Gasteiger partial charge in [0.15, 0.2) is 0 Å². The lowest BCUT2D eigenvalue weighted by molar-refractivity contribution is 0.466. The number of pyridine rings is 1. The molecule has 0 radical (unpaired) electrons. The quantitative estimate of drug-likeness (QED) is 0.141. The molecule has 4 heteroatoms. The van der Waals surface area contributed by atoms with Crippen molar-refractivity contribution in [3.05, 3.63) is 192 Å². The van der Waals surface area contributed by atoms with Crippen molar-refractivity contribution in [2.45, 2.75) is 85.9 Å². The van der Waals surface area contributed by atoms with E-state index in [9.17, 15) is 5.11 Å². The topological polar surface area (TPSA) is 50.9 Å². The van der Waals surface area contributed by atoms with Crippen LogP contribution in [0.2, 0.25) is 0 Å². The number of fused-ring (bicyclic) bond motifs is 1. The second-order valence-corrected chi connectivity index (χ2v) is 18.2. The van der Waals surface area contributed by atoms with Gasteiger partial charge in [-0.05, 0) is 146 Å². The van der Waals surface area contributed by atoms with Crippen molar-refractivity contribution in [2.24, 2.45) is 0 Å². The zero-order valence-corrected chi connectivity index (χ0v) is 38.5. The predicted molar refractivity (Wildman–Crippen MR) is 274 cm³/mol. The van der Waals surface area contributed by atoms with E-state index in [2.05, 4.69) is 117 Å². The molecule has 0 spiro atoms. The van der Waals surface area contributed by atoms with Gasteiger partial charge in [-0.1, -0.05) is 164 Å². The molecule has 2 aromatic heterocycles. The smallest absolute Gasteiger partial charge is 0.149 e. The van der Waals surface area contributed by atoms with E-state index in [0.29, 0.717) is 17.0 Å². The third-order valence-corrected chi connectivity index (χ3v) is 12.6. The molecule has 0 amide bonds. The van der Waals surface area contributed by atoms with Crippen LogP contribution in [0.3, 0.4) is 0 Å². The molecule has 0 bridgehead atoms. The summed E-state index contributed by atoms with van der Waals surface area (Å²) < 4.78 is 44.0. The average Bonchev–Trinajstić information content (AvgIpc) is 3.73. The maximum Gasteiger partial charge on any atom is 0.149 e. The molecule has 9 rings (SSSR count). The van der Waals surface area contributed by atoms with Crippen LogP contribution in [0, 0.1) is 6.85 Å². The molecule has 0 unspecified atom stereocenters. The molecule has 0 aliphatic rings. The van der Waals surface area contributed by atoms with Crippen LogP contribution < -0.4 is 0 Å². The van der Waals surface area contributed by atoms with Crippen LogP contribution in [0.1, 0.15) is 114 Å². The van der Waals surface area contributed by atoms with E-state index in [-0.39, 0.29) is 17.6 Å². The first-order chi connectivity index (χ1) is 33.2. The summed E-state index contributed by atoms with van der Waals surface area (Å²) in [5, 5.41) is 12.3. The highest BCUT2D eigenvalue weighted by Crippen LogP contribution is 2.44. The van der Waals surface area contributed by atoms with Crippen molar-refractivity contribution < 1.29 is 12.0 Å². The summed E-state index contributed by atoms with van der Waals surface area (Å²) in [6, 6.07) is 52.5. The summed E-state index contributed by atoms with van der Waals surface area (Å²) in [5.74, 6) is -0.745. The number of imidazole rings is 1. The Morgan fingerprint density at radius 3 is 1.83 bits per heavy atom. The highest BCUT2D eigenvalue weighted by molar-refractivity contribution is 5.98. The number of phenols is 1. The molecule has 4 nitrogen and oxygen atoms in total. The molecular formula is C61H59N3O. The van der Waals surface area contributed by atoms with Crippen molar-refractivity contribution in [3.63, 3.8) is 0 Å². The molecule has 0 saturated carbocycles. The van der Waals surface area contributed by atoms with Crippen LogP contribution >= 0.6 is 0 Å². The van der Waals surface area contributed by atoms with Gasteiger partial charge < -0.3 is 5.11 Å². The Morgan fingerprint density at radius 1 is 0.523 bits per heavy atom. The number of benzene rings is 7. The zero-order chi connectivity index (χ0) is 49.9. The van der Waals surface area contributed by atoms with Crippen molar-refractivity contribution in [2.75, 3.05) is 0 Å². The number of aromatic nitrogens is 3. The van der Waals surface area contributed by atoms with Gasteiger partial charge in [-0.3, -0.25) is 9.55 Å². The highest BCUT2D eigenvalue weighted by Gasteiger charge is 2.24. The van der Waals surface area contributed by atoms with E-state index < -0.39 is 18.6 Å². The average molecular weight is 855 g/mol. The lowest BCUT2D eigenvalue weighted by atomic mass is 9.85.